The Morgan fingerprint density at radius 3 is 2.35 bits per heavy atom. The molecule has 1 amide bonds. The number of ether oxygens (including phenoxy) is 2. The number of rotatable bonds is 6. The molecule has 0 aromatic heterocycles. The van der Waals surface area contributed by atoms with E-state index in [1.807, 2.05) is 0 Å². The third-order valence-electron chi connectivity index (χ3n) is 3.64. The normalized spacial score (nSPS) is 11.3. The van der Waals surface area contributed by atoms with Gasteiger partial charge in [-0.1, -0.05) is 0 Å². The number of amides is 1. The van der Waals surface area contributed by atoms with Crippen molar-refractivity contribution >= 4 is 23.3 Å². The second-order valence-corrected chi connectivity index (χ2v) is 5.52. The third-order valence-corrected chi connectivity index (χ3v) is 3.64. The van der Waals surface area contributed by atoms with E-state index in [-0.39, 0.29) is 11.3 Å². The molecule has 1 atom stereocenters. The van der Waals surface area contributed by atoms with E-state index in [0.717, 1.165) is 0 Å². The van der Waals surface area contributed by atoms with Crippen molar-refractivity contribution in [3.8, 4) is 5.75 Å². The average Bonchev–Trinajstić information content (AvgIpc) is 2.61. The highest BCUT2D eigenvalue weighted by Gasteiger charge is 2.20. The van der Waals surface area contributed by atoms with Crippen LogP contribution in [0.25, 0.3) is 0 Å². The Labute approximate surface area is 149 Å². The Morgan fingerprint density at radius 2 is 1.81 bits per heavy atom. The molecule has 136 valence electrons. The molecular weight excluding hydrogens is 340 g/mol. The highest BCUT2D eigenvalue weighted by Crippen LogP contribution is 2.20. The number of hydrogen-bond donors (Lipinski definition) is 1. The first-order valence-corrected chi connectivity index (χ1v) is 7.72. The van der Waals surface area contributed by atoms with Gasteiger partial charge in [0.1, 0.15) is 5.75 Å². The fourth-order valence-corrected chi connectivity index (χ4v) is 2.19. The highest BCUT2D eigenvalue weighted by molar-refractivity contribution is 5.97. The van der Waals surface area contributed by atoms with Gasteiger partial charge in [-0.15, -0.1) is 0 Å². The van der Waals surface area contributed by atoms with Crippen LogP contribution >= 0.6 is 0 Å². The van der Waals surface area contributed by atoms with Crippen molar-refractivity contribution in [3.63, 3.8) is 0 Å². The van der Waals surface area contributed by atoms with Crippen LogP contribution in [-0.2, 0) is 9.53 Å². The van der Waals surface area contributed by atoms with Crippen molar-refractivity contribution in [3.05, 3.63) is 63.7 Å². The van der Waals surface area contributed by atoms with Gasteiger partial charge in [0.25, 0.3) is 11.6 Å². The van der Waals surface area contributed by atoms with Crippen LogP contribution in [0.15, 0.2) is 42.5 Å². The zero-order valence-corrected chi connectivity index (χ0v) is 14.5. The lowest BCUT2D eigenvalue weighted by Gasteiger charge is -2.14. The predicted molar refractivity (Wildman–Crippen MR) is 94.3 cm³/mol. The maximum atomic E-state index is 12.1. The summed E-state index contributed by atoms with van der Waals surface area (Å²) >= 11 is 0. The summed E-state index contributed by atoms with van der Waals surface area (Å²) in [7, 11) is 1.54. The number of hydrogen-bond acceptors (Lipinski definition) is 6. The van der Waals surface area contributed by atoms with Crippen molar-refractivity contribution < 1.29 is 24.0 Å². The van der Waals surface area contributed by atoms with Gasteiger partial charge in [-0.25, -0.2) is 4.79 Å². The number of benzene rings is 2. The molecule has 0 aliphatic carbocycles. The van der Waals surface area contributed by atoms with Crippen molar-refractivity contribution in [2.24, 2.45) is 0 Å². The Hall–Kier alpha value is -3.42. The van der Waals surface area contributed by atoms with Crippen LogP contribution in [0.2, 0.25) is 0 Å². The van der Waals surface area contributed by atoms with E-state index in [1.165, 1.54) is 39.2 Å². The molecule has 2 rings (SSSR count). The molecule has 0 fully saturated rings. The fourth-order valence-electron chi connectivity index (χ4n) is 2.19. The summed E-state index contributed by atoms with van der Waals surface area (Å²) in [6, 6.07) is 10.6. The van der Waals surface area contributed by atoms with Gasteiger partial charge in [0.05, 0.1) is 17.6 Å². The monoisotopic (exact) mass is 358 g/mol. The first-order chi connectivity index (χ1) is 12.3. The molecule has 8 heteroatoms. The number of methoxy groups -OCH3 is 1. The van der Waals surface area contributed by atoms with Gasteiger partial charge in [0.2, 0.25) is 0 Å². The van der Waals surface area contributed by atoms with Gasteiger partial charge < -0.3 is 14.8 Å². The van der Waals surface area contributed by atoms with Crippen LogP contribution in [0.4, 0.5) is 11.4 Å². The molecule has 1 N–H and O–H groups in total. The van der Waals surface area contributed by atoms with Crippen LogP contribution in [0.3, 0.4) is 0 Å². The van der Waals surface area contributed by atoms with Gasteiger partial charge in [-0.05, 0) is 50.2 Å². The van der Waals surface area contributed by atoms with E-state index < -0.39 is 22.9 Å². The number of nitro benzene ring substituents is 1. The van der Waals surface area contributed by atoms with Crippen LogP contribution in [0, 0.1) is 17.0 Å². The van der Waals surface area contributed by atoms with Crippen molar-refractivity contribution in [1.82, 2.24) is 0 Å². The molecule has 8 nitrogen and oxygen atoms in total. The number of anilines is 1. The number of carbonyl (C=O) groups is 2. The molecular formula is C18H18N2O6. The van der Waals surface area contributed by atoms with E-state index >= 15 is 0 Å². The zero-order valence-electron chi connectivity index (χ0n) is 14.5. The largest absolute Gasteiger partial charge is 0.497 e. The Bertz CT molecular complexity index is 832. The summed E-state index contributed by atoms with van der Waals surface area (Å²) in [6.45, 7) is 2.96. The van der Waals surface area contributed by atoms with E-state index in [4.69, 9.17) is 9.47 Å². The quantitative estimate of drug-likeness (QED) is 0.483. The number of aryl methyl sites for hydroxylation is 1. The lowest BCUT2D eigenvalue weighted by molar-refractivity contribution is -0.385. The number of nitrogens with one attached hydrogen (secondary N) is 1. The molecule has 0 saturated carbocycles. The van der Waals surface area contributed by atoms with E-state index in [1.54, 1.807) is 24.3 Å². The fraction of sp³-hybridized carbons (Fsp3) is 0.222. The molecule has 0 heterocycles. The molecule has 26 heavy (non-hydrogen) atoms. The highest BCUT2D eigenvalue weighted by atomic mass is 16.6. The predicted octanol–water partition coefficient (Wildman–Crippen LogP) is 3.10. The average molecular weight is 358 g/mol. The summed E-state index contributed by atoms with van der Waals surface area (Å²) in [5.74, 6) is -0.585. The summed E-state index contributed by atoms with van der Waals surface area (Å²) in [6.07, 6.45) is -1.04. The lowest BCUT2D eigenvalue weighted by Crippen LogP contribution is -2.30. The SMILES string of the molecule is COc1ccc(NC(=O)[C@H](C)OC(=O)c2ccc([N+](=O)[O-])c(C)c2)cc1. The summed E-state index contributed by atoms with van der Waals surface area (Å²) in [5.41, 5.74) is 0.911. The maximum absolute atomic E-state index is 12.1. The van der Waals surface area contributed by atoms with Gasteiger partial charge in [0, 0.05) is 17.3 Å². The first kappa shape index (κ1) is 18.9. The van der Waals surface area contributed by atoms with Gasteiger partial charge >= 0.3 is 5.97 Å². The summed E-state index contributed by atoms with van der Waals surface area (Å²) in [5, 5.41) is 13.4. The minimum atomic E-state index is -1.04. The van der Waals surface area contributed by atoms with E-state index in [0.29, 0.717) is 17.0 Å². The molecule has 0 saturated heterocycles. The smallest absolute Gasteiger partial charge is 0.338 e. The van der Waals surface area contributed by atoms with Crippen molar-refractivity contribution in [1.29, 1.82) is 0 Å². The molecule has 0 aliphatic heterocycles. The number of nitro groups is 1. The second-order valence-electron chi connectivity index (χ2n) is 5.52. The minimum absolute atomic E-state index is 0.0909. The second kappa shape index (κ2) is 8.11. The lowest BCUT2D eigenvalue weighted by atomic mass is 10.1. The zero-order chi connectivity index (χ0) is 19.3. The molecule has 0 spiro atoms. The minimum Gasteiger partial charge on any atom is -0.497 e. The number of nitrogens with zero attached hydrogens (tertiary/aromatic N) is 1. The maximum Gasteiger partial charge on any atom is 0.338 e. The molecule has 0 unspecified atom stereocenters. The standard InChI is InChI=1S/C18H18N2O6/c1-11-10-13(4-9-16(11)20(23)24)18(22)26-12(2)17(21)19-14-5-7-15(25-3)8-6-14/h4-10,12H,1-3H3,(H,19,21)/t12-/m0/s1. The molecule has 0 aliphatic rings. The van der Waals surface area contributed by atoms with Crippen LogP contribution < -0.4 is 10.1 Å². The third kappa shape index (κ3) is 4.56. The number of carbonyl (C=O) groups excluding carboxylic acids is 2. The Morgan fingerprint density at radius 1 is 1.15 bits per heavy atom. The van der Waals surface area contributed by atoms with Gasteiger partial charge in [-0.2, -0.15) is 0 Å². The first-order valence-electron chi connectivity index (χ1n) is 7.72. The van der Waals surface area contributed by atoms with Gasteiger partial charge in [-0.3, -0.25) is 14.9 Å². The molecule has 2 aromatic carbocycles. The van der Waals surface area contributed by atoms with Crippen LogP contribution in [0.1, 0.15) is 22.8 Å². The Balaban J connectivity index is 2.00. The molecule has 0 radical (unpaired) electrons. The van der Waals surface area contributed by atoms with Gasteiger partial charge in [0.15, 0.2) is 6.10 Å². The van der Waals surface area contributed by atoms with Crippen molar-refractivity contribution in [2.45, 2.75) is 20.0 Å². The van der Waals surface area contributed by atoms with Crippen LogP contribution in [-0.4, -0.2) is 30.0 Å². The van der Waals surface area contributed by atoms with E-state index in [9.17, 15) is 19.7 Å². The van der Waals surface area contributed by atoms with E-state index in [2.05, 4.69) is 5.32 Å². The van der Waals surface area contributed by atoms with Crippen molar-refractivity contribution in [2.75, 3.05) is 12.4 Å². The molecule has 0 bridgehead atoms. The summed E-state index contributed by atoms with van der Waals surface area (Å²) in [4.78, 5) is 34.6. The topological polar surface area (TPSA) is 108 Å². The Kier molecular flexibility index (Phi) is 5.90. The number of esters is 1. The van der Waals surface area contributed by atoms with Crippen LogP contribution in [0.5, 0.6) is 5.75 Å². The molecule has 2 aromatic rings. The summed E-state index contributed by atoms with van der Waals surface area (Å²) < 4.78 is 10.2.